The molecular formula is C34H40N6O5S. The molecular weight excluding hydrogens is 604 g/mol. The van der Waals surface area contributed by atoms with Gasteiger partial charge in [0.1, 0.15) is 6.61 Å². The van der Waals surface area contributed by atoms with Gasteiger partial charge >= 0.3 is 6.01 Å². The zero-order valence-corrected chi connectivity index (χ0v) is 28.1. The van der Waals surface area contributed by atoms with Gasteiger partial charge in [0.25, 0.3) is 15.9 Å². The van der Waals surface area contributed by atoms with Crippen LogP contribution in [0.2, 0.25) is 0 Å². The zero-order valence-electron chi connectivity index (χ0n) is 27.2. The van der Waals surface area contributed by atoms with Gasteiger partial charge in [0.15, 0.2) is 0 Å². The Balaban J connectivity index is 1.64. The highest BCUT2D eigenvalue weighted by Crippen LogP contribution is 2.31. The van der Waals surface area contributed by atoms with Crippen molar-refractivity contribution >= 4 is 21.9 Å². The lowest BCUT2D eigenvalue weighted by Gasteiger charge is -2.35. The second kappa shape index (κ2) is 13.0. The molecule has 1 N–H and O–H groups in total. The van der Waals surface area contributed by atoms with Crippen molar-refractivity contribution in [1.82, 2.24) is 24.8 Å². The van der Waals surface area contributed by atoms with Crippen molar-refractivity contribution in [3.8, 4) is 23.1 Å². The van der Waals surface area contributed by atoms with Crippen molar-refractivity contribution in [2.24, 2.45) is 5.41 Å². The van der Waals surface area contributed by atoms with Gasteiger partial charge in [-0.1, -0.05) is 45.0 Å². The highest BCUT2D eigenvalue weighted by molar-refractivity contribution is 7.92. The molecule has 1 aliphatic rings. The van der Waals surface area contributed by atoms with Crippen molar-refractivity contribution in [3.63, 3.8) is 0 Å². The van der Waals surface area contributed by atoms with Gasteiger partial charge in [0, 0.05) is 41.7 Å². The highest BCUT2D eigenvalue weighted by atomic mass is 32.2. The van der Waals surface area contributed by atoms with Crippen LogP contribution in [-0.4, -0.2) is 57.9 Å². The molecule has 0 fully saturated rings. The molecule has 0 aliphatic carbocycles. The maximum atomic E-state index is 14.3. The number of anilines is 1. The number of ether oxygens (including phenoxy) is 2. The summed E-state index contributed by atoms with van der Waals surface area (Å²) in [5.74, 6) is -0.303. The third-order valence-corrected chi connectivity index (χ3v) is 8.73. The molecule has 1 atom stereocenters. The van der Waals surface area contributed by atoms with Gasteiger partial charge in [-0.05, 0) is 68.9 Å². The summed E-state index contributed by atoms with van der Waals surface area (Å²) in [6.07, 6.45) is 3.75. The molecule has 46 heavy (non-hydrogen) atoms. The smallest absolute Gasteiger partial charge is 0.316 e. The summed E-state index contributed by atoms with van der Waals surface area (Å²) >= 11 is 0. The van der Waals surface area contributed by atoms with Crippen LogP contribution in [0.25, 0.3) is 11.3 Å². The summed E-state index contributed by atoms with van der Waals surface area (Å²) < 4.78 is 41.7. The molecule has 0 saturated carbocycles. The first kappa shape index (κ1) is 32.8. The molecule has 0 unspecified atom stereocenters. The Kier molecular flexibility index (Phi) is 9.29. The second-order valence-electron chi connectivity index (χ2n) is 13.0. The number of nitrogens with one attached hydrogen (secondary N) is 1. The summed E-state index contributed by atoms with van der Waals surface area (Å²) in [5.41, 5.74) is 4.01. The predicted octanol–water partition coefficient (Wildman–Crippen LogP) is 5.98. The number of nitrogens with zero attached hydrogens (tertiary/aromatic N) is 5. The number of hydrogen-bond donors (Lipinski definition) is 1. The Morgan fingerprint density at radius 2 is 1.70 bits per heavy atom. The number of fused-ring (bicyclic) bond motifs is 4. The van der Waals surface area contributed by atoms with Crippen molar-refractivity contribution in [3.05, 3.63) is 83.2 Å². The van der Waals surface area contributed by atoms with Gasteiger partial charge in [-0.2, -0.15) is 4.98 Å². The quantitative estimate of drug-likeness (QED) is 0.269. The van der Waals surface area contributed by atoms with Gasteiger partial charge in [0.05, 0.1) is 22.7 Å². The molecule has 3 heterocycles. The van der Waals surface area contributed by atoms with Crippen LogP contribution in [0.3, 0.4) is 0 Å². The minimum absolute atomic E-state index is 0.0875. The van der Waals surface area contributed by atoms with Crippen LogP contribution in [0.4, 0.5) is 5.95 Å². The van der Waals surface area contributed by atoms with Gasteiger partial charge in [-0.25, -0.2) is 28.1 Å². The second-order valence-corrected chi connectivity index (χ2v) is 14.7. The van der Waals surface area contributed by atoms with Crippen molar-refractivity contribution in [1.29, 1.82) is 0 Å². The molecule has 0 spiro atoms. The molecule has 0 saturated heterocycles. The first-order chi connectivity index (χ1) is 21.7. The number of aromatic nitrogens is 4. The van der Waals surface area contributed by atoms with Crippen LogP contribution in [0, 0.1) is 19.3 Å². The summed E-state index contributed by atoms with van der Waals surface area (Å²) in [7, 11) is -4.17. The third-order valence-electron chi connectivity index (χ3n) is 7.41. The minimum Gasteiger partial charge on any atom is -0.475 e. The summed E-state index contributed by atoms with van der Waals surface area (Å²) in [4.78, 5) is 33.6. The van der Waals surface area contributed by atoms with Crippen molar-refractivity contribution < 1.29 is 22.7 Å². The molecule has 1 aliphatic heterocycles. The fourth-order valence-corrected chi connectivity index (χ4v) is 6.43. The highest BCUT2D eigenvalue weighted by Gasteiger charge is 2.31. The Bertz CT molecular complexity index is 1820. The third kappa shape index (κ3) is 7.79. The predicted molar refractivity (Wildman–Crippen MR) is 175 cm³/mol. The lowest BCUT2D eigenvalue weighted by Crippen LogP contribution is -2.45. The van der Waals surface area contributed by atoms with Crippen LogP contribution < -0.4 is 14.2 Å². The number of hydrogen-bond acceptors (Lipinski definition) is 9. The van der Waals surface area contributed by atoms with Crippen LogP contribution >= 0.6 is 0 Å². The number of sulfonamides is 1. The Hall–Kier alpha value is -4.58. The number of benzene rings is 2. The van der Waals surface area contributed by atoms with E-state index in [-0.39, 0.29) is 58.9 Å². The van der Waals surface area contributed by atoms with E-state index in [1.807, 2.05) is 45.9 Å². The average molecular weight is 645 g/mol. The largest absolute Gasteiger partial charge is 0.475 e. The number of rotatable bonds is 6. The molecule has 0 radical (unpaired) electrons. The van der Waals surface area contributed by atoms with Crippen LogP contribution in [0.15, 0.2) is 65.8 Å². The lowest BCUT2D eigenvalue weighted by atomic mass is 9.87. The SMILES string of the molecule is Cc1cccc(C)c1-c1cc2nc(n1)NS(=O)(=O)c1cccc(c1)C(=O)N(Cc1cnc(OC(C)C)nc1)[C@H](CC(C)(C)C)CO2. The monoisotopic (exact) mass is 644 g/mol. The fraction of sp³-hybridized carbons (Fsp3) is 0.382. The maximum absolute atomic E-state index is 14.3. The van der Waals surface area contributed by atoms with E-state index in [4.69, 9.17) is 9.47 Å². The van der Waals surface area contributed by atoms with Gasteiger partial charge in [0.2, 0.25) is 11.8 Å². The lowest BCUT2D eigenvalue weighted by molar-refractivity contribution is 0.0512. The number of amides is 1. The molecule has 2 aromatic heterocycles. The number of aryl methyl sites for hydroxylation is 2. The number of carbonyl (C=O) groups excluding carboxylic acids is 1. The van der Waals surface area contributed by atoms with E-state index in [0.717, 1.165) is 16.7 Å². The van der Waals surface area contributed by atoms with Crippen LogP contribution in [0.1, 0.15) is 68.1 Å². The van der Waals surface area contributed by atoms with E-state index in [9.17, 15) is 13.2 Å². The first-order valence-electron chi connectivity index (χ1n) is 15.2. The summed E-state index contributed by atoms with van der Waals surface area (Å²) in [5, 5.41) is 0. The molecule has 5 rings (SSSR count). The van der Waals surface area contributed by atoms with E-state index in [2.05, 4.69) is 45.4 Å². The molecule has 1 amide bonds. The Labute approximate surface area is 270 Å². The van der Waals surface area contributed by atoms with Gasteiger partial charge in [-0.3, -0.25) is 4.79 Å². The molecule has 242 valence electrons. The summed E-state index contributed by atoms with van der Waals surface area (Å²) in [6.45, 7) is 14.2. The normalized spacial score (nSPS) is 16.5. The Morgan fingerprint density at radius 1 is 1.02 bits per heavy atom. The van der Waals surface area contributed by atoms with Crippen LogP contribution in [0.5, 0.6) is 11.9 Å². The number of carbonyl (C=O) groups is 1. The first-order valence-corrected chi connectivity index (χ1v) is 16.7. The molecule has 4 bridgehead atoms. The molecule has 11 nitrogen and oxygen atoms in total. The standard InChI is InChI=1S/C34H40N6O5S/c1-21(2)45-33-35-17-24(18-36-33)19-40-26(16-34(5,6)7)20-44-29-15-28(30-22(3)10-8-11-23(30)4)37-32(38-29)39-46(42,43)27-13-9-12-25(14-27)31(40)41/h8-15,17-18,21,26H,16,19-20H2,1-7H3,(H,37,38,39)/t26-/m1/s1. The van der Waals surface area contributed by atoms with E-state index in [0.29, 0.717) is 17.7 Å². The molecule has 4 aromatic rings. The molecule has 2 aromatic carbocycles. The van der Waals surface area contributed by atoms with E-state index >= 15 is 0 Å². The fourth-order valence-electron chi connectivity index (χ4n) is 5.44. The minimum atomic E-state index is -4.17. The van der Waals surface area contributed by atoms with Crippen molar-refractivity contribution in [2.75, 3.05) is 11.3 Å². The van der Waals surface area contributed by atoms with Gasteiger partial charge < -0.3 is 14.4 Å². The van der Waals surface area contributed by atoms with Crippen molar-refractivity contribution in [2.45, 2.75) is 78.5 Å². The van der Waals surface area contributed by atoms with E-state index in [1.54, 1.807) is 35.5 Å². The van der Waals surface area contributed by atoms with Crippen LogP contribution in [-0.2, 0) is 16.6 Å². The summed E-state index contributed by atoms with van der Waals surface area (Å²) in [6, 6.07) is 13.4. The topological polar surface area (TPSA) is 136 Å². The van der Waals surface area contributed by atoms with E-state index < -0.39 is 16.1 Å². The average Bonchev–Trinajstić information content (AvgIpc) is 2.97. The zero-order chi connectivity index (χ0) is 33.2. The van der Waals surface area contributed by atoms with Gasteiger partial charge in [-0.15, -0.1) is 0 Å². The maximum Gasteiger partial charge on any atom is 0.316 e. The molecule has 12 heteroatoms. The Morgan fingerprint density at radius 3 is 2.35 bits per heavy atom. The van der Waals surface area contributed by atoms with E-state index in [1.165, 1.54) is 12.1 Å².